The van der Waals surface area contributed by atoms with Gasteiger partial charge in [0.1, 0.15) is 83.4 Å². The summed E-state index contributed by atoms with van der Waals surface area (Å²) in [7, 11) is 1.47. The maximum atomic E-state index is 16.2. The van der Waals surface area contributed by atoms with Gasteiger partial charge in [0.05, 0.1) is 40.8 Å². The van der Waals surface area contributed by atoms with Crippen molar-refractivity contribution in [1.82, 2.24) is 52.1 Å². The Labute approximate surface area is 632 Å². The lowest BCUT2D eigenvalue weighted by Crippen LogP contribution is -2.64. The number of hydrogen-bond donors (Lipinski definition) is 21. The average Bonchev–Trinajstić information content (AvgIpc) is 0.923. The van der Waals surface area contributed by atoms with Crippen LogP contribution in [0.25, 0.3) is 11.1 Å². The molecule has 7 aliphatic rings. The van der Waals surface area contributed by atoms with Crippen LogP contribution in [0.15, 0.2) is 84.0 Å². The van der Waals surface area contributed by atoms with Gasteiger partial charge in [0, 0.05) is 40.5 Å². The molecule has 7 amide bonds. The Hall–Kier alpha value is -10.1. The summed E-state index contributed by atoms with van der Waals surface area (Å²) in [5.74, 6) is -4.72. The number of likely N-dealkylation sites (N-methyl/N-ethyl adjacent to an activating group) is 1. The van der Waals surface area contributed by atoms with Crippen molar-refractivity contribution in [2.75, 3.05) is 24.1 Å². The van der Waals surface area contributed by atoms with E-state index in [9.17, 15) is 69.9 Å². The van der Waals surface area contributed by atoms with Crippen LogP contribution in [0.3, 0.4) is 0 Å². The van der Waals surface area contributed by atoms with Crippen LogP contribution >= 0.6 is 35.0 Å². The van der Waals surface area contributed by atoms with Crippen molar-refractivity contribution in [3.63, 3.8) is 0 Å². The molecule has 584 valence electrons. The zero-order chi connectivity index (χ0) is 79.1. The minimum absolute atomic E-state index is 0.00934. The molecule has 1 aromatic heterocycles. The van der Waals surface area contributed by atoms with Gasteiger partial charge in [0.2, 0.25) is 58.5 Å². The van der Waals surface area contributed by atoms with Crippen LogP contribution < -0.4 is 80.0 Å². The molecular formula is C68H79Cl2N15O23S. The van der Waals surface area contributed by atoms with Crippen LogP contribution in [-0.2, 0) is 52.6 Å². The second-order valence-electron chi connectivity index (χ2n) is 27.2. The van der Waals surface area contributed by atoms with E-state index in [2.05, 4.69) is 52.8 Å². The van der Waals surface area contributed by atoms with Crippen LogP contribution in [0.4, 0.5) is 5.95 Å². The van der Waals surface area contributed by atoms with Gasteiger partial charge < -0.3 is 129 Å². The Morgan fingerprint density at radius 3 is 1.97 bits per heavy atom. The highest BCUT2D eigenvalue weighted by Gasteiger charge is 2.52. The highest BCUT2D eigenvalue weighted by Crippen LogP contribution is 2.50. The van der Waals surface area contributed by atoms with Crippen LogP contribution in [0.5, 0.6) is 46.0 Å². The number of carbonyl (C=O) groups excluding carboxylic acids is 7. The molecule has 18 atom stereocenters. The summed E-state index contributed by atoms with van der Waals surface area (Å²) in [6.45, 7) is 6.64. The molecule has 2 saturated heterocycles. The predicted molar refractivity (Wildman–Crippen MR) is 381 cm³/mol. The number of aliphatic hydroxyl groups excluding tert-OH is 5. The fraction of sp³-hybridized carbons (Fsp3) is 0.412. The average molecular weight is 1580 g/mol. The SMILES string of the molecule is CN[C@@H](CC(C)C)C(=O)N[C@H]1C(=O)N[C@@H](CC(N)=O)C(=O)N[C@H]2C(=O)NC3C(=O)N[C@H](C(=O)N[C@@H](C(=O)O)c4cc(O)cc(O)c4-c4cc3ccc4O)[C@H](O)c3ccc(c(Cl)c3)Oc3cc2cc(c3OC2OC(CSc3nnc(NN)n3N)C(O)C(O)C2OC2CC(C)(N)C(O)C(C)O2)Oc2ccc(cc2Cl)[C@H]1O. The van der Waals surface area contributed by atoms with Gasteiger partial charge >= 0.3 is 5.97 Å². The first-order chi connectivity index (χ1) is 51.5. The van der Waals surface area contributed by atoms with E-state index in [0.29, 0.717) is 0 Å². The van der Waals surface area contributed by atoms with Gasteiger partial charge in [-0.1, -0.05) is 67.0 Å². The maximum absolute atomic E-state index is 16.2. The first kappa shape index (κ1) is 79.9. The Bertz CT molecular complexity index is 4540. The van der Waals surface area contributed by atoms with Gasteiger partial charge in [-0.15, -0.1) is 10.2 Å². The number of carboxylic acids is 1. The van der Waals surface area contributed by atoms with Crippen LogP contribution in [0.2, 0.25) is 10.0 Å². The number of aromatic hydroxyl groups is 3. The Balaban J connectivity index is 1.16. The van der Waals surface area contributed by atoms with Crippen molar-refractivity contribution < 1.29 is 113 Å². The third-order valence-corrected chi connectivity index (χ3v) is 20.4. The Morgan fingerprint density at radius 2 is 1.38 bits per heavy atom. The van der Waals surface area contributed by atoms with E-state index in [1.807, 2.05) is 13.8 Å². The second-order valence-corrected chi connectivity index (χ2v) is 29.0. The number of nitrogen functional groups attached to an aromatic ring is 2. The first-order valence-corrected chi connectivity index (χ1v) is 35.4. The lowest BCUT2D eigenvalue weighted by atomic mass is 9.86. The topological polar surface area (TPSA) is 605 Å². The molecule has 109 heavy (non-hydrogen) atoms. The number of nitrogens with one attached hydrogen (secondary N) is 8. The zero-order valence-electron chi connectivity index (χ0n) is 58.3. The number of halogens is 2. The monoisotopic (exact) mass is 1580 g/mol. The van der Waals surface area contributed by atoms with Gasteiger partial charge in [0.15, 0.2) is 29.9 Å². The number of ether oxygens (including phenoxy) is 6. The van der Waals surface area contributed by atoms with E-state index in [1.165, 1.54) is 33.0 Å². The number of aliphatic carboxylic acids is 1. The summed E-state index contributed by atoms with van der Waals surface area (Å²) < 4.78 is 40.4. The predicted octanol–water partition coefficient (Wildman–Crippen LogP) is -0.503. The third kappa shape index (κ3) is 17.0. The first-order valence-electron chi connectivity index (χ1n) is 33.7. The highest BCUT2D eigenvalue weighted by molar-refractivity contribution is 7.99. The number of aromatic nitrogens is 3. The number of carboxylic acid groups (broad SMARTS) is 1. The fourth-order valence-corrected chi connectivity index (χ4v) is 14.5. The number of fused-ring (bicyclic) bond motifs is 15. The van der Waals surface area contributed by atoms with Crippen molar-refractivity contribution in [3.05, 3.63) is 117 Å². The molecule has 2 fully saturated rings. The number of hydrogen-bond acceptors (Lipinski definition) is 30. The Morgan fingerprint density at radius 1 is 0.752 bits per heavy atom. The minimum atomic E-state index is -2.37. The van der Waals surface area contributed by atoms with Crippen molar-refractivity contribution in [2.24, 2.45) is 23.2 Å². The number of primary amides is 1. The van der Waals surface area contributed by atoms with Gasteiger partial charge in [0.25, 0.3) is 5.95 Å². The van der Waals surface area contributed by atoms with Gasteiger partial charge in [-0.2, -0.15) is 0 Å². The van der Waals surface area contributed by atoms with Gasteiger partial charge in [-0.25, -0.2) is 15.3 Å². The number of rotatable bonds is 16. The number of phenols is 3. The lowest BCUT2D eigenvalue weighted by Gasteiger charge is -2.47. The van der Waals surface area contributed by atoms with Crippen LogP contribution in [0, 0.1) is 5.92 Å². The van der Waals surface area contributed by atoms with E-state index in [1.54, 1.807) is 0 Å². The summed E-state index contributed by atoms with van der Waals surface area (Å²) in [4.78, 5) is 118. The fourth-order valence-electron chi connectivity index (χ4n) is 13.1. The number of nitrogens with two attached hydrogens (primary N) is 4. The number of aliphatic hydroxyl groups is 5. The Kier molecular flexibility index (Phi) is 23.9. The molecule has 13 rings (SSSR count). The molecule has 25 N–H and O–H groups in total. The summed E-state index contributed by atoms with van der Waals surface area (Å²) in [6.07, 6.45) is -18.5. The number of hydrazine groups is 1. The van der Waals surface area contributed by atoms with Gasteiger partial charge in [-0.3, -0.25) is 39.0 Å². The molecule has 0 saturated carbocycles. The molecule has 0 aliphatic carbocycles. The second kappa shape index (κ2) is 32.6. The summed E-state index contributed by atoms with van der Waals surface area (Å²) in [5.41, 5.74) is 10.3. The van der Waals surface area contributed by atoms with E-state index in [4.69, 9.17) is 74.8 Å². The van der Waals surface area contributed by atoms with E-state index in [0.717, 1.165) is 83.2 Å². The summed E-state index contributed by atoms with van der Waals surface area (Å²) in [6, 6.07) is -0.719. The number of thioether (sulfide) groups is 1. The van der Waals surface area contributed by atoms with Crippen molar-refractivity contribution >= 4 is 88.2 Å². The molecule has 7 aliphatic heterocycles. The standard InChI is InChI=1S/C68H79Cl2N15O23S/c1-23(2)12-34(75-5)58(95)80-49-51(90)26-7-10-38(32(69)14-26)104-40-16-28-17-41(55(40)108-65-56(107-44-21-68(4,72)57(94)24(3)103-44)54(93)53(92)42(106-65)22-109-67-84-83-66(82-73)85(67)74)105-39-11-8-27(15-33(39)70)52(91)50-63(100)79-48(64(101)102)31-18-29(86)19-37(88)45(31)30-13-25(6-9-36(30)87)46(60(97)81-50)78-61(98)47(28)77-59(96)35(20-43(71)89)76-62(49)99/h6-11,13-19,23-24,34-35,42,44,46-54,56-57,65,75,86-88,90-94H,12,20-22,72-74H2,1-5H3,(H2,71,89)(H,76,99)(H,77,96)(H,78,98)(H,79,100)(H,80,95)(H,81,97)(H,82,83)(H,101,102)/t24?,34-,35-,42?,44?,46?,47+,48+,49+,50-,51+,52+,53?,54?,56?,57?,65?,68?/m0/s1. The molecule has 8 heterocycles. The number of phenolic OH excluding ortho intramolecular Hbond substituents is 3. The third-order valence-electron chi connectivity index (χ3n) is 18.8. The molecule has 11 bridgehead atoms. The number of benzene rings is 5. The molecule has 10 unspecified atom stereocenters. The zero-order valence-corrected chi connectivity index (χ0v) is 60.6. The molecule has 5 aromatic carbocycles. The number of nitrogens with zero attached hydrogens (tertiary/aromatic N) is 3. The lowest BCUT2D eigenvalue weighted by molar-refractivity contribution is -0.329. The highest BCUT2D eigenvalue weighted by atomic mass is 35.5. The van der Waals surface area contributed by atoms with Crippen LogP contribution in [-0.4, -0.2) is 200 Å². The smallest absolute Gasteiger partial charge is 0.330 e. The van der Waals surface area contributed by atoms with Crippen LogP contribution in [0.1, 0.15) is 105 Å². The summed E-state index contributed by atoms with van der Waals surface area (Å²) in [5, 5.41) is 130. The van der Waals surface area contributed by atoms with Crippen molar-refractivity contribution in [1.29, 1.82) is 0 Å². The molecule has 38 nitrogen and oxygen atoms in total. The molecular weight excluding hydrogens is 1500 g/mol. The molecule has 0 radical (unpaired) electrons. The largest absolute Gasteiger partial charge is 0.508 e. The summed E-state index contributed by atoms with van der Waals surface area (Å²) >= 11 is 15.1. The maximum Gasteiger partial charge on any atom is 0.330 e. The number of amides is 7. The molecule has 0 spiro atoms. The minimum Gasteiger partial charge on any atom is -0.508 e. The van der Waals surface area contributed by atoms with Crippen molar-refractivity contribution in [2.45, 2.75) is 161 Å². The number of anilines is 1. The van der Waals surface area contributed by atoms with Gasteiger partial charge in [-0.05, 0) is 110 Å². The van der Waals surface area contributed by atoms with E-state index in [-0.39, 0.29) is 63.1 Å². The molecule has 6 aromatic rings. The van der Waals surface area contributed by atoms with E-state index >= 15 is 14.4 Å². The molecule has 41 heteroatoms. The van der Waals surface area contributed by atoms with Crippen molar-refractivity contribution in [3.8, 4) is 57.1 Å². The van der Waals surface area contributed by atoms with E-state index < -0.39 is 231 Å². The quantitative estimate of drug-likeness (QED) is 0.0330. The normalized spacial score (nSPS) is 28.1. The number of carbonyl (C=O) groups is 8.